The van der Waals surface area contributed by atoms with Crippen molar-refractivity contribution in [3.8, 4) is 0 Å². The lowest BCUT2D eigenvalue weighted by molar-refractivity contribution is -0.126. The maximum atomic E-state index is 12.3. The number of piperidine rings is 1. The van der Waals surface area contributed by atoms with Crippen LogP contribution in [0, 0.1) is 5.92 Å². The average Bonchev–Trinajstić information content (AvgIpc) is 3.14. The molecule has 0 radical (unpaired) electrons. The highest BCUT2D eigenvalue weighted by Crippen LogP contribution is 2.18. The lowest BCUT2D eigenvalue weighted by Gasteiger charge is -2.32. The number of hydrogen-bond acceptors (Lipinski definition) is 3. The molecule has 2 aromatic rings. The Morgan fingerprint density at radius 3 is 2.75 bits per heavy atom. The lowest BCUT2D eigenvalue weighted by Crippen LogP contribution is -2.46. The van der Waals surface area contributed by atoms with Gasteiger partial charge in [0.1, 0.15) is 5.76 Å². The van der Waals surface area contributed by atoms with Crippen LogP contribution >= 0.6 is 0 Å². The molecular formula is C18H21N3O3. The minimum Gasteiger partial charge on any atom is -0.467 e. The summed E-state index contributed by atoms with van der Waals surface area (Å²) < 4.78 is 5.21. The number of para-hydroxylation sites is 1. The molecule has 1 saturated heterocycles. The van der Waals surface area contributed by atoms with Gasteiger partial charge < -0.3 is 20.0 Å². The van der Waals surface area contributed by atoms with Gasteiger partial charge in [0.05, 0.1) is 18.7 Å². The van der Waals surface area contributed by atoms with Crippen LogP contribution in [0.1, 0.15) is 18.6 Å². The van der Waals surface area contributed by atoms with Crippen LogP contribution in [-0.4, -0.2) is 29.9 Å². The Hall–Kier alpha value is -2.76. The second-order valence-corrected chi connectivity index (χ2v) is 5.88. The summed E-state index contributed by atoms with van der Waals surface area (Å²) in [6, 6.07) is 12.8. The second kappa shape index (κ2) is 7.68. The molecule has 1 aromatic heterocycles. The van der Waals surface area contributed by atoms with Crippen molar-refractivity contribution in [3.63, 3.8) is 0 Å². The van der Waals surface area contributed by atoms with Crippen molar-refractivity contribution in [3.05, 3.63) is 54.5 Å². The van der Waals surface area contributed by atoms with Crippen molar-refractivity contribution in [1.82, 2.24) is 10.2 Å². The molecule has 24 heavy (non-hydrogen) atoms. The van der Waals surface area contributed by atoms with Gasteiger partial charge in [-0.25, -0.2) is 4.79 Å². The molecule has 1 unspecified atom stereocenters. The van der Waals surface area contributed by atoms with Crippen molar-refractivity contribution in [2.24, 2.45) is 5.92 Å². The number of carbonyl (C=O) groups is 2. The number of hydrogen-bond donors (Lipinski definition) is 2. The fourth-order valence-corrected chi connectivity index (χ4v) is 2.83. The summed E-state index contributed by atoms with van der Waals surface area (Å²) in [4.78, 5) is 26.4. The minimum absolute atomic E-state index is 0.0383. The fraction of sp³-hybridized carbons (Fsp3) is 0.333. The molecular weight excluding hydrogens is 306 g/mol. The first-order chi connectivity index (χ1) is 11.7. The summed E-state index contributed by atoms with van der Waals surface area (Å²) in [5, 5.41) is 5.74. The molecule has 1 aliphatic heterocycles. The van der Waals surface area contributed by atoms with E-state index in [9.17, 15) is 9.59 Å². The molecule has 1 atom stereocenters. The zero-order valence-electron chi connectivity index (χ0n) is 13.4. The van der Waals surface area contributed by atoms with Crippen LogP contribution in [0.3, 0.4) is 0 Å². The molecule has 1 aromatic carbocycles. The maximum Gasteiger partial charge on any atom is 0.321 e. The number of carbonyl (C=O) groups excluding carboxylic acids is 2. The van der Waals surface area contributed by atoms with Crippen molar-refractivity contribution in [2.45, 2.75) is 19.4 Å². The number of nitrogens with zero attached hydrogens (tertiary/aromatic N) is 1. The van der Waals surface area contributed by atoms with Crippen molar-refractivity contribution in [2.75, 3.05) is 18.4 Å². The molecule has 2 N–H and O–H groups in total. The molecule has 0 spiro atoms. The van der Waals surface area contributed by atoms with Crippen LogP contribution in [0.2, 0.25) is 0 Å². The number of urea groups is 1. The predicted molar refractivity (Wildman–Crippen MR) is 90.3 cm³/mol. The summed E-state index contributed by atoms with van der Waals surface area (Å²) in [6.45, 7) is 1.47. The number of amides is 3. The molecule has 3 amide bonds. The smallest absolute Gasteiger partial charge is 0.321 e. The quantitative estimate of drug-likeness (QED) is 0.907. The Bertz CT molecular complexity index is 670. The van der Waals surface area contributed by atoms with Gasteiger partial charge in [0.15, 0.2) is 0 Å². The van der Waals surface area contributed by atoms with E-state index >= 15 is 0 Å². The topological polar surface area (TPSA) is 74.6 Å². The molecule has 2 heterocycles. The van der Waals surface area contributed by atoms with Gasteiger partial charge in [0.25, 0.3) is 0 Å². The number of furan rings is 1. The van der Waals surface area contributed by atoms with E-state index in [4.69, 9.17) is 4.42 Å². The summed E-state index contributed by atoms with van der Waals surface area (Å²) in [5.74, 6) is 0.497. The van der Waals surface area contributed by atoms with E-state index in [0.29, 0.717) is 19.6 Å². The van der Waals surface area contributed by atoms with Gasteiger partial charge >= 0.3 is 6.03 Å². The third-order valence-corrected chi connectivity index (χ3v) is 4.12. The first kappa shape index (κ1) is 16.1. The summed E-state index contributed by atoms with van der Waals surface area (Å²) in [5.41, 5.74) is 0.756. The Morgan fingerprint density at radius 1 is 1.17 bits per heavy atom. The first-order valence-corrected chi connectivity index (χ1v) is 8.13. The van der Waals surface area contributed by atoms with E-state index in [0.717, 1.165) is 24.3 Å². The number of anilines is 1. The van der Waals surface area contributed by atoms with Gasteiger partial charge in [0.2, 0.25) is 5.91 Å². The van der Waals surface area contributed by atoms with E-state index in [1.54, 1.807) is 17.2 Å². The third kappa shape index (κ3) is 4.16. The maximum absolute atomic E-state index is 12.3. The second-order valence-electron chi connectivity index (χ2n) is 5.88. The molecule has 6 nitrogen and oxygen atoms in total. The molecule has 0 aliphatic carbocycles. The molecule has 0 bridgehead atoms. The van der Waals surface area contributed by atoms with E-state index < -0.39 is 0 Å². The highest BCUT2D eigenvalue weighted by molar-refractivity contribution is 5.90. The number of benzene rings is 1. The molecule has 3 rings (SSSR count). The van der Waals surface area contributed by atoms with Crippen LogP contribution in [0.25, 0.3) is 0 Å². The van der Waals surface area contributed by atoms with Gasteiger partial charge in [-0.3, -0.25) is 4.79 Å². The molecule has 1 fully saturated rings. The van der Waals surface area contributed by atoms with Crippen LogP contribution in [0.5, 0.6) is 0 Å². The Kier molecular flexibility index (Phi) is 5.15. The van der Waals surface area contributed by atoms with Crippen molar-refractivity contribution >= 4 is 17.6 Å². The highest BCUT2D eigenvalue weighted by atomic mass is 16.3. The van der Waals surface area contributed by atoms with Crippen LogP contribution in [0.15, 0.2) is 53.1 Å². The van der Waals surface area contributed by atoms with Crippen LogP contribution in [0.4, 0.5) is 10.5 Å². The van der Waals surface area contributed by atoms with E-state index in [2.05, 4.69) is 10.6 Å². The summed E-state index contributed by atoms with van der Waals surface area (Å²) >= 11 is 0. The molecule has 1 aliphatic rings. The zero-order valence-corrected chi connectivity index (χ0v) is 13.4. The van der Waals surface area contributed by atoms with Crippen molar-refractivity contribution < 1.29 is 14.0 Å². The molecule has 6 heteroatoms. The predicted octanol–water partition coefficient (Wildman–Crippen LogP) is 2.84. The first-order valence-electron chi connectivity index (χ1n) is 8.13. The number of rotatable bonds is 4. The monoisotopic (exact) mass is 327 g/mol. The number of likely N-dealkylation sites (tertiary alicyclic amines) is 1. The zero-order chi connectivity index (χ0) is 16.8. The van der Waals surface area contributed by atoms with Gasteiger partial charge in [-0.2, -0.15) is 0 Å². The molecule has 126 valence electrons. The normalized spacial score (nSPS) is 17.3. The largest absolute Gasteiger partial charge is 0.467 e. The summed E-state index contributed by atoms with van der Waals surface area (Å²) in [7, 11) is 0. The van der Waals surface area contributed by atoms with Crippen LogP contribution in [-0.2, 0) is 11.3 Å². The van der Waals surface area contributed by atoms with Crippen molar-refractivity contribution in [1.29, 1.82) is 0 Å². The fourth-order valence-electron chi connectivity index (χ4n) is 2.83. The van der Waals surface area contributed by atoms with Gasteiger partial charge in [-0.15, -0.1) is 0 Å². The SMILES string of the molecule is O=C(NCc1ccco1)C1CCCN(C(=O)Nc2ccccc2)C1. The summed E-state index contributed by atoms with van der Waals surface area (Å²) in [6.07, 6.45) is 3.19. The van der Waals surface area contributed by atoms with Gasteiger partial charge in [0, 0.05) is 18.8 Å². The number of nitrogens with one attached hydrogen (secondary N) is 2. The Morgan fingerprint density at radius 2 is 2.00 bits per heavy atom. The van der Waals surface area contributed by atoms with Crippen LogP contribution < -0.4 is 10.6 Å². The van der Waals surface area contributed by atoms with E-state index in [1.165, 1.54) is 0 Å². The van der Waals surface area contributed by atoms with Gasteiger partial charge in [-0.05, 0) is 37.1 Å². The average molecular weight is 327 g/mol. The van der Waals surface area contributed by atoms with E-state index in [-0.39, 0.29) is 17.9 Å². The molecule has 0 saturated carbocycles. The lowest BCUT2D eigenvalue weighted by atomic mass is 9.97. The van der Waals surface area contributed by atoms with Gasteiger partial charge in [-0.1, -0.05) is 18.2 Å². The Balaban J connectivity index is 1.51. The van der Waals surface area contributed by atoms with E-state index in [1.807, 2.05) is 36.4 Å². The highest BCUT2D eigenvalue weighted by Gasteiger charge is 2.28. The minimum atomic E-state index is -0.185. The third-order valence-electron chi connectivity index (χ3n) is 4.12. The standard InChI is InChI=1S/C18H21N3O3/c22-17(19-12-16-9-5-11-24-16)14-6-4-10-21(13-14)18(23)20-15-7-2-1-3-8-15/h1-3,5,7-9,11,14H,4,6,10,12-13H2,(H,19,22)(H,20,23). The Labute approximate surface area is 140 Å².